The number of nitrogens with one attached hydrogen (secondary N) is 1. The molecule has 0 bridgehead atoms. The summed E-state index contributed by atoms with van der Waals surface area (Å²) in [6.07, 6.45) is 3.55. The number of carbonyl (C=O) groups excluding carboxylic acids is 1. The number of hydrogen-bond acceptors (Lipinski definition) is 6. The first-order valence-corrected chi connectivity index (χ1v) is 6.50. The molecular formula is C12H16ClN7O. The van der Waals surface area contributed by atoms with Crippen molar-refractivity contribution in [3.05, 3.63) is 30.2 Å². The topological polar surface area (TPSA) is 88.8 Å². The van der Waals surface area contributed by atoms with Gasteiger partial charge in [-0.3, -0.25) is 4.79 Å². The number of nitrogens with zero attached hydrogens (tertiary/aromatic N) is 6. The van der Waals surface area contributed by atoms with Crippen LogP contribution in [0, 0.1) is 0 Å². The molecule has 0 unspecified atom stereocenters. The van der Waals surface area contributed by atoms with Crippen LogP contribution < -0.4 is 5.32 Å². The Labute approximate surface area is 127 Å². The van der Waals surface area contributed by atoms with Gasteiger partial charge >= 0.3 is 0 Å². The molecule has 1 amide bonds. The van der Waals surface area contributed by atoms with Crippen molar-refractivity contribution in [3.63, 3.8) is 0 Å². The lowest BCUT2D eigenvalue weighted by atomic mass is 10.2. The molecule has 8 nitrogen and oxygen atoms in total. The molecule has 1 N–H and O–H groups in total. The largest absolute Gasteiger partial charge is 0.340 e. The number of piperazine rings is 1. The highest BCUT2D eigenvalue weighted by Crippen LogP contribution is 2.06. The minimum absolute atomic E-state index is 0. The molecule has 9 heteroatoms. The fourth-order valence-corrected chi connectivity index (χ4v) is 2.12. The predicted molar refractivity (Wildman–Crippen MR) is 77.4 cm³/mol. The maximum absolute atomic E-state index is 12.1. The van der Waals surface area contributed by atoms with E-state index < -0.39 is 0 Å². The van der Waals surface area contributed by atoms with Crippen LogP contribution in [-0.2, 0) is 11.2 Å². The fraction of sp³-hybridized carbons (Fsp3) is 0.417. The van der Waals surface area contributed by atoms with Gasteiger partial charge in [0.25, 0.3) is 0 Å². The summed E-state index contributed by atoms with van der Waals surface area (Å²) >= 11 is 0. The van der Waals surface area contributed by atoms with Crippen LogP contribution in [0.15, 0.2) is 24.7 Å². The third kappa shape index (κ3) is 3.73. The van der Waals surface area contributed by atoms with E-state index in [0.29, 0.717) is 12.2 Å². The first-order chi connectivity index (χ1) is 9.83. The molecule has 1 aliphatic rings. The summed E-state index contributed by atoms with van der Waals surface area (Å²) in [6.45, 7) is 3.27. The van der Waals surface area contributed by atoms with E-state index in [9.17, 15) is 4.79 Å². The molecule has 3 rings (SSSR count). The highest BCUT2D eigenvalue weighted by atomic mass is 35.5. The van der Waals surface area contributed by atoms with Gasteiger partial charge in [-0.1, -0.05) is 6.07 Å². The number of amides is 1. The molecule has 0 aromatic carbocycles. The standard InChI is InChI=1S/C12H15N7O.ClH/c20-12(18-5-3-13-4-6-18)7-10-1-2-11(14-8-10)19-9-15-16-17-19;/h1-2,8-9,13H,3-7H2;1H. The number of carbonyl (C=O) groups is 1. The van der Waals surface area contributed by atoms with Crippen molar-refractivity contribution >= 4 is 18.3 Å². The lowest BCUT2D eigenvalue weighted by molar-refractivity contribution is -0.131. The average Bonchev–Trinajstić information content (AvgIpc) is 3.03. The van der Waals surface area contributed by atoms with Gasteiger partial charge in [-0.15, -0.1) is 17.5 Å². The van der Waals surface area contributed by atoms with Crippen LogP contribution in [0.1, 0.15) is 5.56 Å². The normalized spacial score (nSPS) is 14.6. The molecule has 3 heterocycles. The highest BCUT2D eigenvalue weighted by molar-refractivity contribution is 5.85. The van der Waals surface area contributed by atoms with E-state index in [2.05, 4.69) is 25.8 Å². The van der Waals surface area contributed by atoms with Crippen molar-refractivity contribution in [3.8, 4) is 5.82 Å². The molecule has 2 aromatic heterocycles. The van der Waals surface area contributed by atoms with E-state index in [0.717, 1.165) is 31.7 Å². The Morgan fingerprint density at radius 3 is 2.71 bits per heavy atom. The second-order valence-electron chi connectivity index (χ2n) is 4.59. The average molecular weight is 310 g/mol. The molecule has 2 aromatic rings. The predicted octanol–water partition coefficient (Wildman–Crippen LogP) is -0.547. The van der Waals surface area contributed by atoms with Gasteiger partial charge in [0, 0.05) is 32.4 Å². The van der Waals surface area contributed by atoms with Gasteiger partial charge < -0.3 is 10.2 Å². The van der Waals surface area contributed by atoms with Gasteiger partial charge in [0.2, 0.25) is 5.91 Å². The molecule has 21 heavy (non-hydrogen) atoms. The summed E-state index contributed by atoms with van der Waals surface area (Å²) < 4.78 is 1.47. The van der Waals surface area contributed by atoms with Crippen molar-refractivity contribution in [2.75, 3.05) is 26.2 Å². The van der Waals surface area contributed by atoms with Crippen LogP contribution in [-0.4, -0.2) is 62.2 Å². The molecule has 0 saturated carbocycles. The van der Waals surface area contributed by atoms with Crippen molar-refractivity contribution < 1.29 is 4.79 Å². The summed E-state index contributed by atoms with van der Waals surface area (Å²) in [5, 5.41) is 14.1. The van der Waals surface area contributed by atoms with E-state index in [4.69, 9.17) is 0 Å². The Kier molecular flexibility index (Phi) is 5.18. The fourth-order valence-electron chi connectivity index (χ4n) is 2.12. The monoisotopic (exact) mass is 309 g/mol. The van der Waals surface area contributed by atoms with Gasteiger partial charge in [0.1, 0.15) is 6.33 Å². The molecule has 1 fully saturated rings. The molecule has 0 spiro atoms. The maximum atomic E-state index is 12.1. The van der Waals surface area contributed by atoms with Crippen LogP contribution in [0.4, 0.5) is 0 Å². The van der Waals surface area contributed by atoms with Crippen molar-refractivity contribution in [1.82, 2.24) is 35.4 Å². The van der Waals surface area contributed by atoms with Crippen LogP contribution in [0.3, 0.4) is 0 Å². The van der Waals surface area contributed by atoms with Crippen molar-refractivity contribution in [1.29, 1.82) is 0 Å². The van der Waals surface area contributed by atoms with E-state index in [1.807, 2.05) is 11.0 Å². The minimum atomic E-state index is 0. The third-order valence-corrected chi connectivity index (χ3v) is 3.22. The molecule has 112 valence electrons. The second-order valence-corrected chi connectivity index (χ2v) is 4.59. The Morgan fingerprint density at radius 2 is 2.10 bits per heavy atom. The zero-order chi connectivity index (χ0) is 13.8. The third-order valence-electron chi connectivity index (χ3n) is 3.22. The number of halogens is 1. The SMILES string of the molecule is Cl.O=C(Cc1ccc(-n2cnnn2)nc1)N1CCNCC1. The molecule has 0 atom stereocenters. The van der Waals surface area contributed by atoms with Crippen LogP contribution in [0.2, 0.25) is 0 Å². The van der Waals surface area contributed by atoms with Crippen LogP contribution in [0.5, 0.6) is 0 Å². The Morgan fingerprint density at radius 1 is 1.29 bits per heavy atom. The van der Waals surface area contributed by atoms with E-state index >= 15 is 0 Å². The number of rotatable bonds is 3. The lowest BCUT2D eigenvalue weighted by Crippen LogP contribution is -2.46. The van der Waals surface area contributed by atoms with Gasteiger partial charge in [-0.2, -0.15) is 4.68 Å². The summed E-state index contributed by atoms with van der Waals surface area (Å²) in [5.41, 5.74) is 0.894. The van der Waals surface area contributed by atoms with Gasteiger partial charge in [0.15, 0.2) is 5.82 Å². The molecule has 0 radical (unpaired) electrons. The van der Waals surface area contributed by atoms with Crippen LogP contribution >= 0.6 is 12.4 Å². The Hall–Kier alpha value is -2.06. The smallest absolute Gasteiger partial charge is 0.227 e. The summed E-state index contributed by atoms with van der Waals surface area (Å²) in [6, 6.07) is 3.68. The minimum Gasteiger partial charge on any atom is -0.340 e. The number of tetrazole rings is 1. The second kappa shape index (κ2) is 7.09. The Balaban J connectivity index is 0.00000161. The first kappa shape index (κ1) is 15.3. The quantitative estimate of drug-likeness (QED) is 0.818. The summed E-state index contributed by atoms with van der Waals surface area (Å²) in [5.74, 6) is 0.775. The van der Waals surface area contributed by atoms with Gasteiger partial charge in [0.05, 0.1) is 6.42 Å². The molecular weight excluding hydrogens is 294 g/mol. The molecule has 1 aliphatic heterocycles. The zero-order valence-corrected chi connectivity index (χ0v) is 12.2. The van der Waals surface area contributed by atoms with Crippen molar-refractivity contribution in [2.24, 2.45) is 0 Å². The maximum Gasteiger partial charge on any atom is 0.227 e. The van der Waals surface area contributed by atoms with Crippen LogP contribution in [0.25, 0.3) is 5.82 Å². The Bertz CT molecular complexity index is 566. The number of aromatic nitrogens is 5. The molecule has 0 aliphatic carbocycles. The van der Waals surface area contributed by atoms with E-state index in [1.54, 1.807) is 12.3 Å². The van der Waals surface area contributed by atoms with E-state index in [-0.39, 0.29) is 18.3 Å². The van der Waals surface area contributed by atoms with Gasteiger partial charge in [-0.25, -0.2) is 4.98 Å². The van der Waals surface area contributed by atoms with E-state index in [1.165, 1.54) is 11.0 Å². The number of pyridine rings is 1. The van der Waals surface area contributed by atoms with Crippen molar-refractivity contribution in [2.45, 2.75) is 6.42 Å². The molecule has 1 saturated heterocycles. The lowest BCUT2D eigenvalue weighted by Gasteiger charge is -2.27. The highest BCUT2D eigenvalue weighted by Gasteiger charge is 2.16. The summed E-state index contributed by atoms with van der Waals surface area (Å²) in [4.78, 5) is 18.3. The summed E-state index contributed by atoms with van der Waals surface area (Å²) in [7, 11) is 0. The number of hydrogen-bond donors (Lipinski definition) is 1. The first-order valence-electron chi connectivity index (χ1n) is 6.50. The zero-order valence-electron chi connectivity index (χ0n) is 11.3. The van der Waals surface area contributed by atoms with Gasteiger partial charge in [-0.05, 0) is 22.1 Å².